The van der Waals surface area contributed by atoms with E-state index in [1.165, 1.54) is 14.2 Å². The van der Waals surface area contributed by atoms with E-state index >= 15 is 0 Å². The Hall–Kier alpha value is -2.50. The average molecular weight is 291 g/mol. The van der Waals surface area contributed by atoms with E-state index in [0.717, 1.165) is 11.3 Å². The summed E-state index contributed by atoms with van der Waals surface area (Å²) >= 11 is 0. The van der Waals surface area contributed by atoms with Crippen molar-refractivity contribution in [2.75, 3.05) is 14.2 Å². The van der Waals surface area contributed by atoms with Crippen LogP contribution in [0.3, 0.4) is 0 Å². The molecule has 0 N–H and O–H groups in total. The number of ether oxygens (including phenoxy) is 3. The second kappa shape index (κ2) is 6.30. The standard InChI is InChI=1S/C15H17NO5/c1-9-12(10(2)21-16-9)8-20-14-11(15(17)19-4)6-5-7-13(14)18-3/h5-7H,8H2,1-4H3. The molecule has 0 saturated carbocycles. The Morgan fingerprint density at radius 3 is 2.62 bits per heavy atom. The van der Waals surface area contributed by atoms with Gasteiger partial charge in [-0.05, 0) is 26.0 Å². The molecule has 0 aliphatic rings. The van der Waals surface area contributed by atoms with Gasteiger partial charge >= 0.3 is 5.97 Å². The van der Waals surface area contributed by atoms with Crippen LogP contribution in [0, 0.1) is 13.8 Å². The van der Waals surface area contributed by atoms with Crippen molar-refractivity contribution in [2.24, 2.45) is 0 Å². The van der Waals surface area contributed by atoms with Gasteiger partial charge in [-0.3, -0.25) is 0 Å². The van der Waals surface area contributed by atoms with E-state index in [4.69, 9.17) is 18.7 Å². The first-order chi connectivity index (χ1) is 10.1. The zero-order chi connectivity index (χ0) is 15.4. The minimum absolute atomic E-state index is 0.228. The molecule has 6 nitrogen and oxygen atoms in total. The second-order valence-electron chi connectivity index (χ2n) is 4.42. The number of nitrogens with zero attached hydrogens (tertiary/aromatic N) is 1. The lowest BCUT2D eigenvalue weighted by Gasteiger charge is -2.13. The third-order valence-corrected chi connectivity index (χ3v) is 3.15. The Morgan fingerprint density at radius 2 is 2.05 bits per heavy atom. The van der Waals surface area contributed by atoms with Crippen LogP contribution in [-0.2, 0) is 11.3 Å². The summed E-state index contributed by atoms with van der Waals surface area (Å²) in [6.45, 7) is 3.87. The Labute approximate surface area is 122 Å². The van der Waals surface area contributed by atoms with Gasteiger partial charge in [0.05, 0.1) is 25.5 Å². The van der Waals surface area contributed by atoms with Gasteiger partial charge < -0.3 is 18.7 Å². The molecule has 0 unspecified atom stereocenters. The van der Waals surface area contributed by atoms with Gasteiger partial charge in [0, 0.05) is 0 Å². The zero-order valence-electron chi connectivity index (χ0n) is 12.4. The number of methoxy groups -OCH3 is 2. The number of benzene rings is 1. The second-order valence-corrected chi connectivity index (χ2v) is 4.42. The van der Waals surface area contributed by atoms with Gasteiger partial charge in [0.25, 0.3) is 0 Å². The lowest BCUT2D eigenvalue weighted by Crippen LogP contribution is -2.07. The molecule has 0 spiro atoms. The molecule has 6 heteroatoms. The SMILES string of the molecule is COC(=O)c1cccc(OC)c1OCc1c(C)noc1C. The maximum Gasteiger partial charge on any atom is 0.341 e. The third-order valence-electron chi connectivity index (χ3n) is 3.15. The van der Waals surface area contributed by atoms with Crippen LogP contribution in [0.2, 0.25) is 0 Å². The Morgan fingerprint density at radius 1 is 1.29 bits per heavy atom. The molecule has 0 fully saturated rings. The van der Waals surface area contributed by atoms with Crippen LogP contribution in [-0.4, -0.2) is 25.3 Å². The molecule has 112 valence electrons. The summed E-state index contributed by atoms with van der Waals surface area (Å²) in [5, 5.41) is 3.87. The van der Waals surface area contributed by atoms with Crippen molar-refractivity contribution in [1.29, 1.82) is 0 Å². The van der Waals surface area contributed by atoms with Crippen LogP contribution in [0.4, 0.5) is 0 Å². The molecule has 1 aromatic heterocycles. The molecule has 0 radical (unpaired) electrons. The molecule has 0 amide bonds. The van der Waals surface area contributed by atoms with Crippen molar-refractivity contribution in [2.45, 2.75) is 20.5 Å². The first-order valence-electron chi connectivity index (χ1n) is 6.38. The summed E-state index contributed by atoms with van der Waals surface area (Å²) in [5.74, 6) is 1.00. The fourth-order valence-electron chi connectivity index (χ4n) is 1.95. The number of carbonyl (C=O) groups is 1. The molecule has 1 aromatic carbocycles. The van der Waals surface area contributed by atoms with Gasteiger partial charge in [-0.1, -0.05) is 11.2 Å². The molecule has 0 saturated heterocycles. The molecular weight excluding hydrogens is 274 g/mol. The number of carbonyl (C=O) groups excluding carboxylic acids is 1. The van der Waals surface area contributed by atoms with Crippen molar-refractivity contribution >= 4 is 5.97 Å². The topological polar surface area (TPSA) is 70.8 Å². The number of aryl methyl sites for hydroxylation is 2. The van der Waals surface area contributed by atoms with E-state index < -0.39 is 5.97 Å². The van der Waals surface area contributed by atoms with E-state index in [2.05, 4.69) is 5.16 Å². The van der Waals surface area contributed by atoms with Crippen molar-refractivity contribution in [3.05, 3.63) is 40.8 Å². The van der Waals surface area contributed by atoms with Gasteiger partial charge in [0.15, 0.2) is 11.5 Å². The summed E-state index contributed by atoms with van der Waals surface area (Å²) < 4.78 is 20.8. The minimum Gasteiger partial charge on any atom is -0.493 e. The maximum atomic E-state index is 11.8. The number of hydrogen-bond donors (Lipinski definition) is 0. The maximum absolute atomic E-state index is 11.8. The monoisotopic (exact) mass is 291 g/mol. The highest BCUT2D eigenvalue weighted by Crippen LogP contribution is 2.32. The molecular formula is C15H17NO5. The first-order valence-corrected chi connectivity index (χ1v) is 6.38. The van der Waals surface area contributed by atoms with Gasteiger partial charge in [0.2, 0.25) is 0 Å². The lowest BCUT2D eigenvalue weighted by molar-refractivity contribution is 0.0594. The summed E-state index contributed by atoms with van der Waals surface area (Å²) in [6, 6.07) is 5.04. The normalized spacial score (nSPS) is 10.3. The summed E-state index contributed by atoms with van der Waals surface area (Å²) in [6.07, 6.45) is 0. The largest absolute Gasteiger partial charge is 0.493 e. The fourth-order valence-corrected chi connectivity index (χ4v) is 1.95. The van der Waals surface area contributed by atoms with E-state index in [0.29, 0.717) is 22.8 Å². The summed E-state index contributed by atoms with van der Waals surface area (Å²) in [7, 11) is 2.83. The molecule has 2 rings (SSSR count). The Bertz CT molecular complexity index is 628. The molecule has 0 aliphatic heterocycles. The number of rotatable bonds is 5. The van der Waals surface area contributed by atoms with Crippen molar-refractivity contribution in [3.63, 3.8) is 0 Å². The van der Waals surface area contributed by atoms with Gasteiger partial charge in [-0.15, -0.1) is 0 Å². The first kappa shape index (κ1) is 14.9. The average Bonchev–Trinajstić information content (AvgIpc) is 2.82. The summed E-state index contributed by atoms with van der Waals surface area (Å²) in [4.78, 5) is 11.8. The minimum atomic E-state index is -0.484. The quantitative estimate of drug-likeness (QED) is 0.789. The van der Waals surface area contributed by atoms with Crippen LogP contribution in [0.5, 0.6) is 11.5 Å². The molecule has 0 atom stereocenters. The fraction of sp³-hybridized carbons (Fsp3) is 0.333. The van der Waals surface area contributed by atoms with E-state index in [1.54, 1.807) is 18.2 Å². The Balaban J connectivity index is 2.32. The lowest BCUT2D eigenvalue weighted by atomic mass is 10.1. The smallest absolute Gasteiger partial charge is 0.341 e. The number of aromatic nitrogens is 1. The zero-order valence-corrected chi connectivity index (χ0v) is 12.4. The van der Waals surface area contributed by atoms with Crippen LogP contribution >= 0.6 is 0 Å². The molecule has 21 heavy (non-hydrogen) atoms. The van der Waals surface area contributed by atoms with Gasteiger partial charge in [0.1, 0.15) is 17.9 Å². The van der Waals surface area contributed by atoms with Crippen LogP contribution in [0.15, 0.2) is 22.7 Å². The van der Waals surface area contributed by atoms with Gasteiger partial charge in [-0.2, -0.15) is 0 Å². The molecule has 0 aliphatic carbocycles. The predicted octanol–water partition coefficient (Wildman–Crippen LogP) is 2.67. The Kier molecular flexibility index (Phi) is 4.47. The van der Waals surface area contributed by atoms with Crippen molar-refractivity contribution in [1.82, 2.24) is 5.16 Å². The van der Waals surface area contributed by atoms with Crippen LogP contribution in [0.25, 0.3) is 0 Å². The molecule has 2 aromatic rings. The van der Waals surface area contributed by atoms with Crippen LogP contribution in [0.1, 0.15) is 27.4 Å². The van der Waals surface area contributed by atoms with Crippen molar-refractivity contribution in [3.8, 4) is 11.5 Å². The number of para-hydroxylation sites is 1. The predicted molar refractivity (Wildman–Crippen MR) is 74.6 cm³/mol. The summed E-state index contributed by atoms with van der Waals surface area (Å²) in [5.41, 5.74) is 1.90. The van der Waals surface area contributed by atoms with E-state index in [1.807, 2.05) is 13.8 Å². The van der Waals surface area contributed by atoms with Crippen molar-refractivity contribution < 1.29 is 23.5 Å². The third kappa shape index (κ3) is 2.99. The highest BCUT2D eigenvalue weighted by molar-refractivity contribution is 5.93. The number of hydrogen-bond acceptors (Lipinski definition) is 6. The highest BCUT2D eigenvalue weighted by atomic mass is 16.5. The number of esters is 1. The van der Waals surface area contributed by atoms with Crippen LogP contribution < -0.4 is 9.47 Å². The molecule has 0 bridgehead atoms. The van der Waals surface area contributed by atoms with E-state index in [9.17, 15) is 4.79 Å². The van der Waals surface area contributed by atoms with E-state index in [-0.39, 0.29) is 6.61 Å². The highest BCUT2D eigenvalue weighted by Gasteiger charge is 2.19. The van der Waals surface area contributed by atoms with Gasteiger partial charge in [-0.25, -0.2) is 4.79 Å². The molecule has 1 heterocycles.